The van der Waals surface area contributed by atoms with E-state index in [9.17, 15) is 0 Å². The first kappa shape index (κ1) is 16.8. The van der Waals surface area contributed by atoms with Gasteiger partial charge in [0.15, 0.2) is 0 Å². The topological polar surface area (TPSA) is 66.0 Å². The van der Waals surface area contributed by atoms with Gasteiger partial charge in [-0.25, -0.2) is 0 Å². The van der Waals surface area contributed by atoms with Crippen LogP contribution in [0.25, 0.3) is 0 Å². The molecular formula is C13H26N6S. The van der Waals surface area contributed by atoms with E-state index in [0.29, 0.717) is 17.8 Å². The van der Waals surface area contributed by atoms with E-state index in [1.54, 1.807) is 0 Å². The Hall–Kier alpha value is -1.24. The highest BCUT2D eigenvalue weighted by Crippen LogP contribution is 2.30. The lowest BCUT2D eigenvalue weighted by Gasteiger charge is -2.29. The van der Waals surface area contributed by atoms with Gasteiger partial charge in [0.2, 0.25) is 17.8 Å². The van der Waals surface area contributed by atoms with Gasteiger partial charge in [0, 0.05) is 32.4 Å². The summed E-state index contributed by atoms with van der Waals surface area (Å²) in [5.41, 5.74) is 0. The first-order chi connectivity index (χ1) is 9.50. The molecule has 0 spiro atoms. The standard InChI is InChI=1S/C13H26N6S/c1-7-13(8-2,20-6)9-15-11-16-10(14-3)17-12(18-11)19(4)5/h7-9H2,1-6H3,(H2,14,15,16,17,18). The van der Waals surface area contributed by atoms with Gasteiger partial charge < -0.3 is 15.5 Å². The highest BCUT2D eigenvalue weighted by atomic mass is 32.2. The Labute approximate surface area is 126 Å². The highest BCUT2D eigenvalue weighted by molar-refractivity contribution is 8.00. The molecule has 0 aliphatic heterocycles. The molecule has 0 aliphatic rings. The first-order valence-electron chi connectivity index (χ1n) is 6.90. The average molecular weight is 298 g/mol. The molecule has 1 heterocycles. The number of rotatable bonds is 8. The molecule has 0 amide bonds. The van der Waals surface area contributed by atoms with Crippen molar-refractivity contribution >= 4 is 29.6 Å². The maximum absolute atomic E-state index is 4.43. The summed E-state index contributed by atoms with van der Waals surface area (Å²) < 4.78 is 0.227. The van der Waals surface area contributed by atoms with Crippen molar-refractivity contribution in [1.82, 2.24) is 15.0 Å². The maximum atomic E-state index is 4.43. The Kier molecular flexibility index (Phi) is 6.32. The average Bonchev–Trinajstić information content (AvgIpc) is 2.48. The smallest absolute Gasteiger partial charge is 0.231 e. The van der Waals surface area contributed by atoms with Crippen LogP contribution in [0, 0.1) is 0 Å². The molecule has 2 N–H and O–H groups in total. The fourth-order valence-corrected chi connectivity index (χ4v) is 2.65. The third kappa shape index (κ3) is 4.13. The van der Waals surface area contributed by atoms with E-state index in [-0.39, 0.29) is 4.75 Å². The van der Waals surface area contributed by atoms with Crippen LogP contribution in [0.3, 0.4) is 0 Å². The lowest BCUT2D eigenvalue weighted by molar-refractivity contribution is 0.573. The lowest BCUT2D eigenvalue weighted by Crippen LogP contribution is -2.32. The fraction of sp³-hybridized carbons (Fsp3) is 0.769. The molecule has 0 fully saturated rings. The summed E-state index contributed by atoms with van der Waals surface area (Å²) in [4.78, 5) is 15.0. The molecule has 1 aromatic heterocycles. The molecule has 1 rings (SSSR count). The number of thioether (sulfide) groups is 1. The molecule has 0 aromatic carbocycles. The van der Waals surface area contributed by atoms with Crippen LogP contribution in [0.2, 0.25) is 0 Å². The van der Waals surface area contributed by atoms with Crippen LogP contribution < -0.4 is 15.5 Å². The van der Waals surface area contributed by atoms with Gasteiger partial charge in [0.25, 0.3) is 0 Å². The Morgan fingerprint density at radius 1 is 1.10 bits per heavy atom. The van der Waals surface area contributed by atoms with Crippen molar-refractivity contribution in [3.8, 4) is 0 Å². The van der Waals surface area contributed by atoms with Crippen molar-refractivity contribution in [3.05, 3.63) is 0 Å². The Morgan fingerprint density at radius 3 is 2.15 bits per heavy atom. The number of hydrogen-bond donors (Lipinski definition) is 2. The van der Waals surface area contributed by atoms with Crippen molar-refractivity contribution in [1.29, 1.82) is 0 Å². The second kappa shape index (κ2) is 7.52. The quantitative estimate of drug-likeness (QED) is 0.763. The van der Waals surface area contributed by atoms with Gasteiger partial charge in [0.1, 0.15) is 0 Å². The molecule has 7 heteroatoms. The summed E-state index contributed by atoms with van der Waals surface area (Å²) in [6.07, 6.45) is 4.39. The monoisotopic (exact) mass is 298 g/mol. The Morgan fingerprint density at radius 2 is 1.70 bits per heavy atom. The molecule has 0 atom stereocenters. The summed E-state index contributed by atoms with van der Waals surface area (Å²) in [5, 5.41) is 6.33. The molecular weight excluding hydrogens is 272 g/mol. The van der Waals surface area contributed by atoms with Crippen LogP contribution in [-0.2, 0) is 0 Å². The second-order valence-corrected chi connectivity index (χ2v) is 6.15. The van der Waals surface area contributed by atoms with Gasteiger partial charge in [-0.2, -0.15) is 26.7 Å². The van der Waals surface area contributed by atoms with Gasteiger partial charge in [-0.1, -0.05) is 13.8 Å². The number of aromatic nitrogens is 3. The zero-order valence-electron chi connectivity index (χ0n) is 13.3. The molecule has 20 heavy (non-hydrogen) atoms. The Bertz CT molecular complexity index is 411. The van der Waals surface area contributed by atoms with Gasteiger partial charge in [-0.05, 0) is 19.1 Å². The molecule has 6 nitrogen and oxygen atoms in total. The third-order valence-corrected chi connectivity index (χ3v) is 5.13. The van der Waals surface area contributed by atoms with E-state index in [1.165, 1.54) is 0 Å². The van der Waals surface area contributed by atoms with Crippen LogP contribution in [-0.4, -0.2) is 53.6 Å². The van der Waals surface area contributed by atoms with Gasteiger partial charge in [-0.3, -0.25) is 0 Å². The lowest BCUT2D eigenvalue weighted by atomic mass is 10.0. The van der Waals surface area contributed by atoms with E-state index in [0.717, 1.165) is 19.4 Å². The van der Waals surface area contributed by atoms with Gasteiger partial charge in [-0.15, -0.1) is 0 Å². The van der Waals surface area contributed by atoms with Crippen LogP contribution in [0.5, 0.6) is 0 Å². The van der Waals surface area contributed by atoms with Crippen molar-refractivity contribution in [2.24, 2.45) is 0 Å². The highest BCUT2D eigenvalue weighted by Gasteiger charge is 2.25. The zero-order chi connectivity index (χ0) is 15.2. The largest absolute Gasteiger partial charge is 0.357 e. The summed E-state index contributed by atoms with van der Waals surface area (Å²) in [6.45, 7) is 5.29. The summed E-state index contributed by atoms with van der Waals surface area (Å²) in [7, 11) is 5.65. The van der Waals surface area contributed by atoms with Crippen LogP contribution in [0.4, 0.5) is 17.8 Å². The first-order valence-corrected chi connectivity index (χ1v) is 8.13. The number of hydrogen-bond acceptors (Lipinski definition) is 7. The summed E-state index contributed by atoms with van der Waals surface area (Å²) in [5.74, 6) is 1.84. The summed E-state index contributed by atoms with van der Waals surface area (Å²) >= 11 is 1.90. The minimum absolute atomic E-state index is 0.227. The Balaban J connectivity index is 2.89. The van der Waals surface area contributed by atoms with Gasteiger partial charge in [0.05, 0.1) is 0 Å². The molecule has 0 saturated heterocycles. The van der Waals surface area contributed by atoms with Crippen LogP contribution in [0.1, 0.15) is 26.7 Å². The van der Waals surface area contributed by atoms with E-state index in [4.69, 9.17) is 0 Å². The van der Waals surface area contributed by atoms with Gasteiger partial charge >= 0.3 is 0 Å². The minimum atomic E-state index is 0.227. The van der Waals surface area contributed by atoms with Crippen molar-refractivity contribution in [2.45, 2.75) is 31.4 Å². The second-order valence-electron chi connectivity index (χ2n) is 4.87. The van der Waals surface area contributed by atoms with Crippen molar-refractivity contribution in [2.75, 3.05) is 49.5 Å². The molecule has 0 radical (unpaired) electrons. The van der Waals surface area contributed by atoms with E-state index < -0.39 is 0 Å². The van der Waals surface area contributed by atoms with E-state index in [2.05, 4.69) is 45.7 Å². The molecule has 0 unspecified atom stereocenters. The third-order valence-electron chi connectivity index (χ3n) is 3.54. The predicted octanol–water partition coefficient (Wildman–Crippen LogP) is 2.31. The molecule has 114 valence electrons. The summed E-state index contributed by atoms with van der Waals surface area (Å²) in [6, 6.07) is 0. The molecule has 0 saturated carbocycles. The molecule has 0 bridgehead atoms. The molecule has 1 aromatic rings. The molecule has 0 aliphatic carbocycles. The van der Waals surface area contributed by atoms with Crippen molar-refractivity contribution < 1.29 is 0 Å². The normalized spacial score (nSPS) is 11.3. The van der Waals surface area contributed by atoms with E-state index >= 15 is 0 Å². The van der Waals surface area contributed by atoms with E-state index in [1.807, 2.05) is 37.8 Å². The number of nitrogens with one attached hydrogen (secondary N) is 2. The zero-order valence-corrected chi connectivity index (χ0v) is 14.1. The number of anilines is 3. The predicted molar refractivity (Wildman–Crippen MR) is 89.0 cm³/mol. The van der Waals surface area contributed by atoms with Crippen LogP contribution in [0.15, 0.2) is 0 Å². The van der Waals surface area contributed by atoms with Crippen molar-refractivity contribution in [3.63, 3.8) is 0 Å². The minimum Gasteiger partial charge on any atom is -0.357 e. The maximum Gasteiger partial charge on any atom is 0.231 e. The van der Waals surface area contributed by atoms with Crippen LogP contribution >= 0.6 is 11.8 Å². The SMILES string of the molecule is CCC(CC)(CNc1nc(NC)nc(N(C)C)n1)SC. The number of nitrogens with zero attached hydrogens (tertiary/aromatic N) is 4. The fourth-order valence-electron chi connectivity index (χ4n) is 1.86.